The number of carbonyl (C=O) groups excluding carboxylic acids is 2. The third-order valence-electron chi connectivity index (χ3n) is 6.49. The van der Waals surface area contributed by atoms with E-state index >= 15 is 0 Å². The molecule has 186 valence electrons. The van der Waals surface area contributed by atoms with Gasteiger partial charge in [-0.2, -0.15) is 0 Å². The summed E-state index contributed by atoms with van der Waals surface area (Å²) in [6.45, 7) is 7.81. The molecule has 1 N–H and O–H groups in total. The molecule has 1 aliphatic heterocycles. The second kappa shape index (κ2) is 10.5. The van der Waals surface area contributed by atoms with Gasteiger partial charge in [0.25, 0.3) is 11.7 Å². The molecule has 0 bridgehead atoms. The van der Waals surface area contributed by atoms with Crippen molar-refractivity contribution in [2.75, 3.05) is 30.0 Å². The van der Waals surface area contributed by atoms with Gasteiger partial charge in [0, 0.05) is 30.0 Å². The average Bonchev–Trinajstić information content (AvgIpc) is 3.15. The van der Waals surface area contributed by atoms with Gasteiger partial charge in [-0.1, -0.05) is 35.9 Å². The number of nitrogens with zero attached hydrogens (tertiary/aromatic N) is 2. The fraction of sp³-hybridized carbons (Fsp3) is 0.241. The lowest BCUT2D eigenvalue weighted by atomic mass is 9.94. The van der Waals surface area contributed by atoms with Crippen LogP contribution in [0.4, 0.5) is 11.4 Å². The van der Waals surface area contributed by atoms with Gasteiger partial charge in [0.15, 0.2) is 0 Å². The van der Waals surface area contributed by atoms with Crippen molar-refractivity contribution in [2.24, 2.45) is 0 Å². The topological polar surface area (TPSA) is 70.1 Å². The minimum absolute atomic E-state index is 0.0153. The molecule has 0 radical (unpaired) electrons. The molecule has 36 heavy (non-hydrogen) atoms. The van der Waals surface area contributed by atoms with Crippen LogP contribution in [0, 0.1) is 6.92 Å². The molecule has 0 aliphatic carbocycles. The number of amides is 1. The second-order valence-corrected chi connectivity index (χ2v) is 9.03. The number of benzene rings is 3. The van der Waals surface area contributed by atoms with Crippen molar-refractivity contribution in [2.45, 2.75) is 26.8 Å². The van der Waals surface area contributed by atoms with E-state index in [2.05, 4.69) is 18.7 Å². The molecule has 3 aromatic carbocycles. The molecule has 6 nitrogen and oxygen atoms in total. The Morgan fingerprint density at radius 2 is 1.72 bits per heavy atom. The Morgan fingerprint density at radius 1 is 1.03 bits per heavy atom. The van der Waals surface area contributed by atoms with Crippen LogP contribution in [0.25, 0.3) is 5.76 Å². The standard InChI is InChI=1S/C29H29ClN2O4/c1-5-31(6-2)21-13-10-19(11-14-21)26-25(27(33)20-12-15-23(30)24(17-20)36-4)28(34)29(35)32(26)22-9-7-8-18(3)16-22/h7-17,26,33H,5-6H2,1-4H3/b27-25-. The number of hydrogen-bond donors (Lipinski definition) is 1. The highest BCUT2D eigenvalue weighted by Gasteiger charge is 2.47. The van der Waals surface area contributed by atoms with Crippen LogP contribution in [0.15, 0.2) is 72.3 Å². The molecule has 0 saturated carbocycles. The van der Waals surface area contributed by atoms with E-state index in [0.717, 1.165) is 24.3 Å². The van der Waals surface area contributed by atoms with Crippen molar-refractivity contribution in [1.82, 2.24) is 0 Å². The van der Waals surface area contributed by atoms with E-state index in [1.807, 2.05) is 49.4 Å². The summed E-state index contributed by atoms with van der Waals surface area (Å²) in [6.07, 6.45) is 0. The zero-order chi connectivity index (χ0) is 26.0. The van der Waals surface area contributed by atoms with Crippen LogP contribution in [0.1, 0.15) is 36.6 Å². The van der Waals surface area contributed by atoms with Crippen molar-refractivity contribution in [1.29, 1.82) is 0 Å². The maximum atomic E-state index is 13.4. The van der Waals surface area contributed by atoms with Gasteiger partial charge in [-0.25, -0.2) is 0 Å². The number of Topliss-reactive ketones (excluding diaryl/α,β-unsaturated/α-hetero) is 1. The minimum atomic E-state index is -0.806. The highest BCUT2D eigenvalue weighted by molar-refractivity contribution is 6.51. The third-order valence-corrected chi connectivity index (χ3v) is 6.80. The molecule has 7 heteroatoms. The fourth-order valence-electron chi connectivity index (χ4n) is 4.61. The number of rotatable bonds is 7. The number of aliphatic hydroxyl groups excluding tert-OH is 1. The zero-order valence-corrected chi connectivity index (χ0v) is 21.5. The summed E-state index contributed by atoms with van der Waals surface area (Å²) in [5.41, 5.74) is 3.65. The molecule has 3 aromatic rings. The fourth-order valence-corrected chi connectivity index (χ4v) is 4.81. The minimum Gasteiger partial charge on any atom is -0.507 e. The monoisotopic (exact) mass is 504 g/mol. The molecule has 1 heterocycles. The highest BCUT2D eigenvalue weighted by Crippen LogP contribution is 2.43. The van der Waals surface area contributed by atoms with Crippen LogP contribution in [0.5, 0.6) is 5.75 Å². The lowest BCUT2D eigenvalue weighted by Crippen LogP contribution is -2.29. The molecule has 1 fully saturated rings. The number of aliphatic hydroxyl groups is 1. The van der Waals surface area contributed by atoms with Crippen molar-refractivity contribution >= 4 is 40.4 Å². The summed E-state index contributed by atoms with van der Waals surface area (Å²) in [5.74, 6) is -1.37. The molecule has 1 aliphatic rings. The van der Waals surface area contributed by atoms with Crippen LogP contribution in [-0.4, -0.2) is 37.0 Å². The first-order valence-electron chi connectivity index (χ1n) is 11.9. The van der Waals surface area contributed by atoms with E-state index in [9.17, 15) is 14.7 Å². The number of ketones is 1. The molecule has 1 saturated heterocycles. The Hall–Kier alpha value is -3.77. The van der Waals surface area contributed by atoms with Crippen LogP contribution >= 0.6 is 11.6 Å². The van der Waals surface area contributed by atoms with Gasteiger partial charge in [-0.3, -0.25) is 14.5 Å². The van der Waals surface area contributed by atoms with Crippen LogP contribution in [-0.2, 0) is 9.59 Å². The van der Waals surface area contributed by atoms with E-state index in [0.29, 0.717) is 27.6 Å². The molecule has 4 rings (SSSR count). The van der Waals surface area contributed by atoms with Crippen LogP contribution in [0.3, 0.4) is 0 Å². The van der Waals surface area contributed by atoms with Crippen molar-refractivity contribution in [3.05, 3.63) is 94.0 Å². The van der Waals surface area contributed by atoms with Crippen molar-refractivity contribution in [3.8, 4) is 5.75 Å². The molecule has 0 aromatic heterocycles. The molecular formula is C29H29ClN2O4. The summed E-state index contributed by atoms with van der Waals surface area (Å²) in [4.78, 5) is 30.4. The average molecular weight is 505 g/mol. The number of ether oxygens (including phenoxy) is 1. The number of methoxy groups -OCH3 is 1. The smallest absolute Gasteiger partial charge is 0.300 e. The first kappa shape index (κ1) is 25.3. The number of aryl methyl sites for hydroxylation is 1. The molecule has 0 spiro atoms. The Kier molecular flexibility index (Phi) is 7.36. The number of carbonyl (C=O) groups is 2. The van der Waals surface area contributed by atoms with E-state index in [-0.39, 0.29) is 11.3 Å². The lowest BCUT2D eigenvalue weighted by molar-refractivity contribution is -0.132. The summed E-state index contributed by atoms with van der Waals surface area (Å²) in [5, 5.41) is 11.7. The summed E-state index contributed by atoms with van der Waals surface area (Å²) in [6, 6.07) is 19.1. The molecule has 1 atom stereocenters. The van der Waals surface area contributed by atoms with Gasteiger partial charge >= 0.3 is 0 Å². The highest BCUT2D eigenvalue weighted by atomic mass is 35.5. The quantitative estimate of drug-likeness (QED) is 0.238. The van der Waals surface area contributed by atoms with Crippen molar-refractivity contribution in [3.63, 3.8) is 0 Å². The Bertz CT molecular complexity index is 1330. The summed E-state index contributed by atoms with van der Waals surface area (Å²) < 4.78 is 5.29. The van der Waals surface area contributed by atoms with E-state index in [4.69, 9.17) is 16.3 Å². The Morgan fingerprint density at radius 3 is 2.33 bits per heavy atom. The second-order valence-electron chi connectivity index (χ2n) is 8.62. The van der Waals surface area contributed by atoms with Gasteiger partial charge in [0.05, 0.1) is 23.7 Å². The first-order chi connectivity index (χ1) is 17.3. The predicted molar refractivity (Wildman–Crippen MR) is 144 cm³/mol. The van der Waals surface area contributed by atoms with Crippen molar-refractivity contribution < 1.29 is 19.4 Å². The van der Waals surface area contributed by atoms with E-state index in [1.165, 1.54) is 12.0 Å². The normalized spacial score (nSPS) is 16.9. The maximum absolute atomic E-state index is 13.4. The van der Waals surface area contributed by atoms with E-state index in [1.54, 1.807) is 24.3 Å². The van der Waals surface area contributed by atoms with Gasteiger partial charge in [0.1, 0.15) is 11.5 Å². The maximum Gasteiger partial charge on any atom is 0.300 e. The van der Waals surface area contributed by atoms with Crippen LogP contribution < -0.4 is 14.5 Å². The first-order valence-corrected chi connectivity index (χ1v) is 12.2. The lowest BCUT2D eigenvalue weighted by Gasteiger charge is -2.27. The molecule has 1 unspecified atom stereocenters. The Labute approximate surface area is 216 Å². The summed E-state index contributed by atoms with van der Waals surface area (Å²) >= 11 is 6.16. The molecular weight excluding hydrogens is 476 g/mol. The van der Waals surface area contributed by atoms with Gasteiger partial charge < -0.3 is 14.7 Å². The van der Waals surface area contributed by atoms with Crippen LogP contribution in [0.2, 0.25) is 5.02 Å². The van der Waals surface area contributed by atoms with Gasteiger partial charge in [0.2, 0.25) is 0 Å². The number of anilines is 2. The number of hydrogen-bond acceptors (Lipinski definition) is 5. The Balaban J connectivity index is 1.91. The van der Waals surface area contributed by atoms with Gasteiger partial charge in [-0.05, 0) is 74.4 Å². The molecule has 1 amide bonds. The SMILES string of the molecule is CCN(CC)c1ccc(C2/C(=C(/O)c3ccc(Cl)c(OC)c3)C(=O)C(=O)N2c2cccc(C)c2)cc1. The zero-order valence-electron chi connectivity index (χ0n) is 20.8. The largest absolute Gasteiger partial charge is 0.507 e. The van der Waals surface area contributed by atoms with Gasteiger partial charge in [-0.15, -0.1) is 0 Å². The number of halogens is 1. The third kappa shape index (κ3) is 4.56. The van der Waals surface area contributed by atoms with E-state index < -0.39 is 17.7 Å². The predicted octanol–water partition coefficient (Wildman–Crippen LogP) is 6.13. The summed E-state index contributed by atoms with van der Waals surface area (Å²) in [7, 11) is 1.47.